The van der Waals surface area contributed by atoms with E-state index in [4.69, 9.17) is 34.6 Å². The SMILES string of the molecule is C=C1NCC(=O)N[C@@H]([C@@H](O)c2ccccc2)c2nc(cs2)-c2nc(cs2)-c2nc(-c3nc(NC(=O)c4ccc(C(=O)O)cc4)cs3)ccc2-c2nc(cs2)C(=O)N[C@@H](CC(=O)NC)c2nc(c(C)s2)C(=O)C[C@H](C(C)C)c2nc1c(COC)s2. The highest BCUT2D eigenvalue weighted by molar-refractivity contribution is 7.15. The zero-order valence-electron chi connectivity index (χ0n) is 45.4. The van der Waals surface area contributed by atoms with Gasteiger partial charge in [-0.3, -0.25) is 24.0 Å². The molecule has 4 atom stereocenters. The lowest BCUT2D eigenvalue weighted by Crippen LogP contribution is -2.38. The van der Waals surface area contributed by atoms with Crippen molar-refractivity contribution >= 4 is 115 Å². The van der Waals surface area contributed by atoms with Crippen molar-refractivity contribution in [2.45, 2.75) is 64.3 Å². The standard InChI is InChI=1S/C57H52N12O9S6/c1-26(2)33-18-39(70)45-28(4)83-55(69-45)35(19-42(71)58-5)61-50(75)37-23-79-51(63-37)32-16-17-34(53-66-41(25-82-53)65-49(74)30-12-14-31(15-13-30)57(76)77)60-46(32)36-22-80-54(62-36)38-24-81-56(64-38)47(48(73)29-10-8-7-9-11-29)67-43(72)20-59-27(3)44-40(21-78-6)84-52(33)68-44/h7-17,22-26,33,35,47-48,59,73H,3,18-21H2,1-2,4-6H3,(H,58,71)(H,61,75)(H,65,74)(H,67,72)(H,76,77)/t33-,35+,47+,48+/m1/s1. The third-order valence-electron chi connectivity index (χ3n) is 13.4. The lowest BCUT2D eigenvalue weighted by Gasteiger charge is -2.23. The van der Waals surface area contributed by atoms with Crippen LogP contribution in [0.5, 0.6) is 0 Å². The Labute approximate surface area is 504 Å². The second kappa shape index (κ2) is 25.8. The number of rotatable bonds is 11. The lowest BCUT2D eigenvalue weighted by molar-refractivity contribution is -0.122. The molecule has 0 unspecified atom stereocenters. The lowest BCUT2D eigenvalue weighted by atomic mass is 9.90. The van der Waals surface area contributed by atoms with Crippen LogP contribution in [-0.2, 0) is 20.9 Å². The van der Waals surface area contributed by atoms with Crippen molar-refractivity contribution in [3.63, 3.8) is 0 Å². The fourth-order valence-corrected chi connectivity index (χ4v) is 14.5. The number of aryl methyl sites for hydroxylation is 1. The van der Waals surface area contributed by atoms with Gasteiger partial charge in [-0.2, -0.15) is 0 Å². The van der Waals surface area contributed by atoms with Crippen LogP contribution in [0.3, 0.4) is 0 Å². The third kappa shape index (κ3) is 13.1. The van der Waals surface area contributed by atoms with Gasteiger partial charge in [-0.25, -0.2) is 39.7 Å². The number of ketones is 1. The number of nitrogens with zero attached hydrogens (tertiary/aromatic N) is 7. The Hall–Kier alpha value is -8.15. The summed E-state index contributed by atoms with van der Waals surface area (Å²) in [6, 6.07) is 16.0. The van der Waals surface area contributed by atoms with Gasteiger partial charge in [0.2, 0.25) is 11.8 Å². The third-order valence-corrected chi connectivity index (χ3v) is 19.1. The van der Waals surface area contributed by atoms with Gasteiger partial charge >= 0.3 is 5.97 Å². The molecule has 0 fully saturated rings. The van der Waals surface area contributed by atoms with Gasteiger partial charge in [0.25, 0.3) is 11.8 Å². The van der Waals surface area contributed by atoms with E-state index in [1.165, 1.54) is 99.3 Å². The Kier molecular flexibility index (Phi) is 18.1. The van der Waals surface area contributed by atoms with Crippen molar-refractivity contribution in [1.82, 2.24) is 56.2 Å². The van der Waals surface area contributed by atoms with Gasteiger partial charge in [0.1, 0.15) is 77.2 Å². The number of Topliss-reactive ketones (excluding diaryl/α,β-unsaturated/α-hetero) is 1. The molecule has 10 bridgehead atoms. The van der Waals surface area contributed by atoms with E-state index in [1.807, 2.05) is 19.9 Å². The van der Waals surface area contributed by atoms with Gasteiger partial charge < -0.3 is 41.5 Å². The van der Waals surface area contributed by atoms with Gasteiger partial charge in [0.15, 0.2) is 5.78 Å². The summed E-state index contributed by atoms with van der Waals surface area (Å²) < 4.78 is 5.58. The predicted molar refractivity (Wildman–Crippen MR) is 324 cm³/mol. The number of aliphatic hydroxyl groups excluding tert-OH is 1. The first-order valence-corrected chi connectivity index (χ1v) is 31.1. The molecule has 21 nitrogen and oxygen atoms in total. The van der Waals surface area contributed by atoms with Crippen LogP contribution in [0.4, 0.5) is 5.82 Å². The summed E-state index contributed by atoms with van der Waals surface area (Å²) in [5, 5.41) is 45.3. The molecule has 8 heterocycles. The van der Waals surface area contributed by atoms with Gasteiger partial charge in [-0.1, -0.05) is 50.8 Å². The molecule has 2 aromatic carbocycles. The summed E-state index contributed by atoms with van der Waals surface area (Å²) >= 11 is 7.51. The highest BCUT2D eigenvalue weighted by Gasteiger charge is 2.33. The van der Waals surface area contributed by atoms with Crippen LogP contribution in [0.2, 0.25) is 0 Å². The van der Waals surface area contributed by atoms with E-state index in [9.17, 15) is 39.0 Å². The van der Waals surface area contributed by atoms with E-state index in [0.717, 1.165) is 4.88 Å². The zero-order chi connectivity index (χ0) is 59.3. The van der Waals surface area contributed by atoms with Crippen LogP contribution in [0.1, 0.15) is 129 Å². The number of carboxylic acids is 1. The number of pyridine rings is 1. The van der Waals surface area contributed by atoms with Crippen molar-refractivity contribution < 1.29 is 43.7 Å². The number of hydrogen-bond donors (Lipinski definition) is 7. The quantitative estimate of drug-likeness (QED) is 0.0633. The van der Waals surface area contributed by atoms with Gasteiger partial charge in [0, 0.05) is 64.0 Å². The van der Waals surface area contributed by atoms with E-state index in [0.29, 0.717) is 80.2 Å². The van der Waals surface area contributed by atoms with Crippen LogP contribution in [0.25, 0.3) is 49.1 Å². The molecule has 27 heteroatoms. The monoisotopic (exact) mass is 1240 g/mol. The largest absolute Gasteiger partial charge is 0.478 e. The molecule has 0 spiro atoms. The Morgan fingerprint density at radius 1 is 0.738 bits per heavy atom. The molecule has 4 amide bonds. The van der Waals surface area contributed by atoms with E-state index in [2.05, 4.69) is 38.1 Å². The van der Waals surface area contributed by atoms with Crippen molar-refractivity contribution in [2.24, 2.45) is 5.92 Å². The minimum absolute atomic E-state index is 0.0365. The minimum atomic E-state index is -1.22. The number of carbonyl (C=O) groups excluding carboxylic acids is 5. The number of ether oxygens (including phenoxy) is 1. The number of nitrogens with one attached hydrogen (secondary N) is 5. The number of thiazole rings is 6. The minimum Gasteiger partial charge on any atom is -0.478 e. The summed E-state index contributed by atoms with van der Waals surface area (Å²) in [5.74, 6) is -3.50. The molecule has 0 saturated carbocycles. The molecule has 0 aliphatic carbocycles. The number of hydrogen-bond acceptors (Lipinski definition) is 22. The molecule has 7 N–H and O–H groups in total. The van der Waals surface area contributed by atoms with Crippen molar-refractivity contribution in [1.29, 1.82) is 0 Å². The molecule has 10 rings (SSSR count). The molecule has 1 aliphatic heterocycles. The maximum atomic E-state index is 14.4. The first kappa shape index (κ1) is 59.0. The average molecular weight is 1240 g/mol. The Balaban J connectivity index is 1.04. The number of aliphatic hydroxyl groups is 1. The first-order valence-electron chi connectivity index (χ1n) is 25.9. The maximum absolute atomic E-state index is 14.4. The summed E-state index contributed by atoms with van der Waals surface area (Å²) in [7, 11) is 3.05. The fraction of sp³-hybridized carbons (Fsp3) is 0.246. The maximum Gasteiger partial charge on any atom is 0.335 e. The molecule has 1 aliphatic rings. The topological polar surface area (TPSA) is 302 Å². The average Bonchev–Trinajstić information content (AvgIpc) is 3.65. The number of anilines is 1. The van der Waals surface area contributed by atoms with E-state index < -0.39 is 41.9 Å². The van der Waals surface area contributed by atoms with Crippen molar-refractivity contribution in [3.05, 3.63) is 153 Å². The summed E-state index contributed by atoms with van der Waals surface area (Å²) in [5.41, 5.74) is 4.05. The number of fused-ring (bicyclic) bond motifs is 14. The summed E-state index contributed by atoms with van der Waals surface area (Å²) in [4.78, 5) is 116. The first-order chi connectivity index (χ1) is 40.4. The number of carbonyl (C=O) groups is 6. The number of aromatic nitrogens is 7. The molecular formula is C57H52N12O9S6. The number of amides is 4. The van der Waals surface area contributed by atoms with Crippen molar-refractivity contribution in [2.75, 3.05) is 26.0 Å². The second-order valence-electron chi connectivity index (χ2n) is 19.4. The number of benzene rings is 2. The normalized spacial score (nSPS) is 16.3. The summed E-state index contributed by atoms with van der Waals surface area (Å²) in [6.07, 6.45) is -1.36. The van der Waals surface area contributed by atoms with Crippen molar-refractivity contribution in [3.8, 4) is 43.4 Å². The Bertz CT molecular complexity index is 3960. The molecule has 0 radical (unpaired) electrons. The van der Waals surface area contributed by atoms with Crippen LogP contribution >= 0.6 is 68.0 Å². The fourth-order valence-electron chi connectivity index (χ4n) is 8.93. The van der Waals surface area contributed by atoms with Crippen LogP contribution in [0, 0.1) is 12.8 Å². The highest BCUT2D eigenvalue weighted by Crippen LogP contribution is 2.41. The van der Waals surface area contributed by atoms with Gasteiger partial charge in [0.05, 0.1) is 52.5 Å². The smallest absolute Gasteiger partial charge is 0.335 e. The number of methoxy groups -OCH3 is 1. The zero-order valence-corrected chi connectivity index (χ0v) is 50.3. The Morgan fingerprint density at radius 3 is 2.17 bits per heavy atom. The molecule has 0 saturated heterocycles. The van der Waals surface area contributed by atoms with Crippen LogP contribution < -0.4 is 26.6 Å². The number of carboxylic acid groups (broad SMARTS) is 1. The van der Waals surface area contributed by atoms with E-state index >= 15 is 0 Å². The molecule has 7 aromatic heterocycles. The molecule has 84 heavy (non-hydrogen) atoms. The summed E-state index contributed by atoms with van der Waals surface area (Å²) in [6.45, 7) is 9.96. The molecular weight excluding hydrogens is 1190 g/mol. The van der Waals surface area contributed by atoms with E-state index in [1.54, 1.807) is 72.0 Å². The van der Waals surface area contributed by atoms with E-state index in [-0.39, 0.29) is 77.9 Å². The highest BCUT2D eigenvalue weighted by atomic mass is 32.1. The molecule has 9 aromatic rings. The number of aromatic carboxylic acids is 1. The van der Waals surface area contributed by atoms with Crippen LogP contribution in [0.15, 0.2) is 94.8 Å². The molecule has 430 valence electrons. The van der Waals surface area contributed by atoms with Gasteiger partial charge in [-0.15, -0.1) is 68.0 Å². The predicted octanol–water partition coefficient (Wildman–Crippen LogP) is 9.98. The second-order valence-corrected chi connectivity index (χ2v) is 25.3. The Morgan fingerprint density at radius 2 is 1.43 bits per heavy atom. The van der Waals surface area contributed by atoms with Gasteiger partial charge in [-0.05, 0) is 54.8 Å². The van der Waals surface area contributed by atoms with Crippen LogP contribution in [-0.4, -0.2) is 101 Å².